The lowest BCUT2D eigenvalue weighted by Crippen LogP contribution is -2.48. The molecule has 0 aliphatic heterocycles. The topological polar surface area (TPSA) is 192 Å². The summed E-state index contributed by atoms with van der Waals surface area (Å²) >= 11 is 6.66. The molecule has 0 spiro atoms. The molecule has 1 unspecified atom stereocenters. The predicted molar refractivity (Wildman–Crippen MR) is 236 cm³/mol. The van der Waals surface area contributed by atoms with Crippen LogP contribution in [0.1, 0.15) is 79.0 Å². The second-order valence-electron chi connectivity index (χ2n) is 18.3. The molecule has 3 aliphatic rings. The Morgan fingerprint density at radius 1 is 0.944 bits per heavy atom. The van der Waals surface area contributed by atoms with Gasteiger partial charge in [0.15, 0.2) is 21.3 Å². The number of halogens is 11. The second kappa shape index (κ2) is 17.5. The van der Waals surface area contributed by atoms with E-state index in [0.29, 0.717) is 17.0 Å². The van der Waals surface area contributed by atoms with Crippen molar-refractivity contribution in [2.45, 2.75) is 93.6 Å². The fraction of sp³-hybridized carbons (Fsp3) is 0.432. The lowest BCUT2D eigenvalue weighted by atomic mass is 9.80. The summed E-state index contributed by atoms with van der Waals surface area (Å²) in [5, 5.41) is 8.88. The van der Waals surface area contributed by atoms with E-state index < -0.39 is 160 Å². The maximum Gasteiger partial charge on any atom is 0.435 e. The third kappa shape index (κ3) is 9.93. The maximum absolute atomic E-state index is 15.6. The highest BCUT2D eigenvalue weighted by Crippen LogP contribution is 2.68. The SMILES string of the molecule is CC(C)(C#Cc1ccc(-c2ccc(Cl)c3c(N(C(=O)C4CC(N)C4)S(C)(=O)=O)nn(CC(F)(F)F)c23)c(C(Cc2cc(F)cc(F)c2)NC(=O)Cn2nc(C(F)(F)F)c3c2C(F)(F)[C@@H]2C[C@H]32)n1)S(C)(=O)=O. The van der Waals surface area contributed by atoms with Crippen molar-refractivity contribution in [2.24, 2.45) is 17.6 Å². The summed E-state index contributed by atoms with van der Waals surface area (Å²) in [6, 6.07) is 4.46. The van der Waals surface area contributed by atoms with Crippen LogP contribution in [-0.4, -0.2) is 82.7 Å². The standard InChI is InChI=1S/C44H39ClF10N8O6S2/c1-41(2,70(3,66)67)10-9-25-5-6-26(27-7-8-30(45)34-36(27)62(19-42(48,49)50)60-39(34)63(71(4,68)69)40(65)21-14-24(56)15-21)35(57-25)31(13-20-11-22(46)16-23(47)12-20)58-32(64)18-61-38-33(37(59-61)44(53,54)55)28-17-29(28)43(38,51)52/h5-8,11-12,16,21,24,28-29,31H,13-15,17-19,56H2,1-4H3,(H,58,64)/t21?,24?,28-,29+,31?/m0/s1. The molecule has 2 amide bonds. The zero-order valence-electron chi connectivity index (χ0n) is 37.4. The Morgan fingerprint density at radius 2 is 1.58 bits per heavy atom. The summed E-state index contributed by atoms with van der Waals surface area (Å²) < 4.78 is 198. The third-order valence-corrected chi connectivity index (χ3v) is 15.8. The molecule has 2 aromatic carbocycles. The van der Waals surface area contributed by atoms with Gasteiger partial charge in [-0.1, -0.05) is 23.6 Å². The number of carbonyl (C=O) groups is 2. The summed E-state index contributed by atoms with van der Waals surface area (Å²) in [5.74, 6) is -7.88. The summed E-state index contributed by atoms with van der Waals surface area (Å²) in [6.45, 7) is -0.730. The molecule has 3 N–H and O–H groups in total. The smallest absolute Gasteiger partial charge is 0.346 e. The van der Waals surface area contributed by atoms with E-state index in [2.05, 4.69) is 32.3 Å². The fourth-order valence-corrected chi connectivity index (χ4v) is 10.2. The van der Waals surface area contributed by atoms with Gasteiger partial charge in [0, 0.05) is 46.9 Å². The minimum absolute atomic E-state index is 0.0226. The normalized spacial score (nSPS) is 20.1. The van der Waals surface area contributed by atoms with Crippen molar-refractivity contribution in [3.8, 4) is 23.0 Å². The van der Waals surface area contributed by atoms with E-state index >= 15 is 8.78 Å². The number of alkyl halides is 8. The number of nitrogens with one attached hydrogen (secondary N) is 1. The van der Waals surface area contributed by atoms with Crippen molar-refractivity contribution in [1.29, 1.82) is 0 Å². The Hall–Kier alpha value is -5.78. The maximum atomic E-state index is 15.6. The van der Waals surface area contributed by atoms with Crippen molar-refractivity contribution in [3.63, 3.8) is 0 Å². The van der Waals surface area contributed by atoms with Crippen LogP contribution in [-0.2, 0) is 61.1 Å². The van der Waals surface area contributed by atoms with Gasteiger partial charge in [-0.2, -0.15) is 49.6 Å². The molecule has 3 heterocycles. The summed E-state index contributed by atoms with van der Waals surface area (Å²) in [7, 11) is -8.59. The highest BCUT2D eigenvalue weighted by molar-refractivity contribution is 7.93. The van der Waals surface area contributed by atoms with Gasteiger partial charge in [0.2, 0.25) is 21.8 Å². The zero-order chi connectivity index (χ0) is 52.3. The number of hydrogen-bond acceptors (Lipinski definition) is 10. The van der Waals surface area contributed by atoms with Gasteiger partial charge < -0.3 is 11.1 Å². The van der Waals surface area contributed by atoms with Crippen molar-refractivity contribution in [1.82, 2.24) is 29.9 Å². The Labute approximate surface area is 402 Å². The van der Waals surface area contributed by atoms with Crippen LogP contribution in [0.25, 0.3) is 22.0 Å². The molecule has 14 nitrogen and oxygen atoms in total. The number of aromatic nitrogens is 5. The van der Waals surface area contributed by atoms with Crippen LogP contribution in [0.4, 0.5) is 49.7 Å². The average Bonchev–Trinajstić information content (AvgIpc) is 3.73. The molecule has 0 bridgehead atoms. The molecule has 8 rings (SSSR count). The minimum atomic E-state index is -5.21. The first-order chi connectivity index (χ1) is 32.7. The number of sulfonamides is 1. The van der Waals surface area contributed by atoms with Gasteiger partial charge in [-0.15, -0.1) is 0 Å². The molecule has 71 heavy (non-hydrogen) atoms. The first kappa shape index (κ1) is 51.6. The number of hydrogen-bond donors (Lipinski definition) is 2. The average molecular weight is 1070 g/mol. The van der Waals surface area contributed by atoms with E-state index in [0.717, 1.165) is 30.5 Å². The van der Waals surface area contributed by atoms with Gasteiger partial charge in [0.05, 0.1) is 33.9 Å². The fourth-order valence-electron chi connectivity index (χ4n) is 8.85. The molecule has 3 atom stereocenters. The molecular weight excluding hydrogens is 1030 g/mol. The molecule has 3 aliphatic carbocycles. The van der Waals surface area contributed by atoms with Crippen LogP contribution in [0.5, 0.6) is 0 Å². The molecular formula is C44H39ClF10N8O6S2. The quantitative estimate of drug-likeness (QED) is 0.0946. The van der Waals surface area contributed by atoms with Crippen LogP contribution >= 0.6 is 11.6 Å². The third-order valence-electron chi connectivity index (χ3n) is 12.6. The molecule has 27 heteroatoms. The highest BCUT2D eigenvalue weighted by Gasteiger charge is 2.68. The number of nitrogens with zero attached hydrogens (tertiary/aromatic N) is 6. The lowest BCUT2D eigenvalue weighted by Gasteiger charge is -2.34. The summed E-state index contributed by atoms with van der Waals surface area (Å²) in [6.07, 6.45) is -9.73. The van der Waals surface area contributed by atoms with E-state index in [9.17, 15) is 61.5 Å². The molecule has 2 fully saturated rings. The number of fused-ring (bicyclic) bond motifs is 4. The number of sulfone groups is 1. The molecule has 0 saturated heterocycles. The van der Waals surface area contributed by atoms with Crippen molar-refractivity contribution in [3.05, 3.63) is 93.0 Å². The Balaban J connectivity index is 1.36. The van der Waals surface area contributed by atoms with Crippen molar-refractivity contribution >= 4 is 60.0 Å². The van der Waals surface area contributed by atoms with E-state index in [1.807, 2.05) is 0 Å². The summed E-state index contributed by atoms with van der Waals surface area (Å²) in [5.41, 5.74) is 0.187. The Kier molecular flexibility index (Phi) is 12.7. The number of benzene rings is 2. The number of rotatable bonds is 12. The van der Waals surface area contributed by atoms with Gasteiger partial charge in [-0.25, -0.2) is 30.6 Å². The van der Waals surface area contributed by atoms with Crippen LogP contribution < -0.4 is 15.4 Å². The van der Waals surface area contributed by atoms with Crippen molar-refractivity contribution < 1.29 is 70.3 Å². The lowest BCUT2D eigenvalue weighted by molar-refractivity contribution is -0.143. The molecule has 380 valence electrons. The predicted octanol–water partition coefficient (Wildman–Crippen LogP) is 7.32. The molecule has 2 saturated carbocycles. The monoisotopic (exact) mass is 1060 g/mol. The number of nitrogens with two attached hydrogens (primary N) is 1. The van der Waals surface area contributed by atoms with E-state index in [1.54, 1.807) is 0 Å². The van der Waals surface area contributed by atoms with E-state index in [-0.39, 0.29) is 50.6 Å². The van der Waals surface area contributed by atoms with Crippen LogP contribution in [0.2, 0.25) is 5.02 Å². The van der Waals surface area contributed by atoms with Crippen LogP contribution in [0, 0.1) is 35.3 Å². The summed E-state index contributed by atoms with van der Waals surface area (Å²) in [4.78, 5) is 32.5. The first-order valence-electron chi connectivity index (χ1n) is 21.3. The zero-order valence-corrected chi connectivity index (χ0v) is 39.7. The molecule has 0 radical (unpaired) electrons. The number of carbonyl (C=O) groups excluding carboxylic acids is 2. The number of amides is 2. The number of anilines is 1. The van der Waals surface area contributed by atoms with E-state index in [1.165, 1.54) is 26.0 Å². The van der Waals surface area contributed by atoms with Gasteiger partial charge in [-0.3, -0.25) is 19.0 Å². The van der Waals surface area contributed by atoms with Gasteiger partial charge >= 0.3 is 12.4 Å². The van der Waals surface area contributed by atoms with Crippen LogP contribution in [0.3, 0.4) is 0 Å². The minimum Gasteiger partial charge on any atom is -0.346 e. The van der Waals surface area contributed by atoms with Gasteiger partial charge in [0.1, 0.15) is 40.9 Å². The van der Waals surface area contributed by atoms with Gasteiger partial charge in [-0.05, 0) is 87.3 Å². The Bertz CT molecular complexity index is 3320. The van der Waals surface area contributed by atoms with E-state index in [4.69, 9.17) is 17.3 Å². The molecule has 5 aromatic rings. The largest absolute Gasteiger partial charge is 0.435 e. The van der Waals surface area contributed by atoms with Crippen LogP contribution in [0.15, 0.2) is 42.5 Å². The number of pyridine rings is 1. The first-order valence-corrected chi connectivity index (χ1v) is 25.4. The molecule has 3 aromatic heterocycles. The van der Waals surface area contributed by atoms with Gasteiger partial charge in [0.25, 0.3) is 5.92 Å². The Morgan fingerprint density at radius 3 is 2.15 bits per heavy atom. The van der Waals surface area contributed by atoms with Crippen molar-refractivity contribution in [2.75, 3.05) is 16.8 Å². The second-order valence-corrected chi connectivity index (χ2v) is 23.1. The highest BCUT2D eigenvalue weighted by atomic mass is 35.5.